The van der Waals surface area contributed by atoms with E-state index in [-0.39, 0.29) is 23.6 Å². The summed E-state index contributed by atoms with van der Waals surface area (Å²) in [5.41, 5.74) is 11.9. The quantitative estimate of drug-likeness (QED) is 0.101. The Morgan fingerprint density at radius 2 is 0.952 bits per heavy atom. The lowest BCUT2D eigenvalue weighted by Crippen LogP contribution is -2.47. The van der Waals surface area contributed by atoms with Gasteiger partial charge in [0.25, 0.3) is 11.8 Å². The van der Waals surface area contributed by atoms with Gasteiger partial charge in [0.1, 0.15) is 12.1 Å². The van der Waals surface area contributed by atoms with Crippen molar-refractivity contribution < 1.29 is 19.2 Å². The highest BCUT2D eigenvalue weighted by Crippen LogP contribution is 2.09. The predicted molar refractivity (Wildman–Crippen MR) is 169 cm³/mol. The van der Waals surface area contributed by atoms with Gasteiger partial charge >= 0.3 is 0 Å². The van der Waals surface area contributed by atoms with Crippen molar-refractivity contribution in [3.63, 3.8) is 0 Å². The maximum atomic E-state index is 13.0. The monoisotopic (exact) mass is 588 g/mol. The zero-order chi connectivity index (χ0) is 31.0. The molecule has 1 rings (SSSR count). The number of hydrogen-bond acceptors (Lipinski definition) is 6. The van der Waals surface area contributed by atoms with Crippen LogP contribution in [0.4, 0.5) is 0 Å². The Hall–Kier alpha value is -2.98. The molecular formula is C32H56N6O4. The summed E-state index contributed by atoms with van der Waals surface area (Å²) in [4.78, 5) is 51.6. The number of carbonyl (C=O) groups is 4. The van der Waals surface area contributed by atoms with Gasteiger partial charge in [-0.15, -0.1) is 0 Å². The second-order valence-corrected chi connectivity index (χ2v) is 10.9. The molecule has 0 radical (unpaired) electrons. The molecule has 0 aromatic heterocycles. The third-order valence-electron chi connectivity index (χ3n) is 7.21. The van der Waals surface area contributed by atoms with E-state index in [2.05, 4.69) is 35.1 Å². The third kappa shape index (κ3) is 15.9. The van der Waals surface area contributed by atoms with E-state index in [9.17, 15) is 19.2 Å². The fourth-order valence-corrected chi connectivity index (χ4v) is 4.55. The van der Waals surface area contributed by atoms with Crippen LogP contribution in [-0.2, 0) is 9.59 Å². The molecule has 2 atom stereocenters. The van der Waals surface area contributed by atoms with Crippen molar-refractivity contribution >= 4 is 23.6 Å². The van der Waals surface area contributed by atoms with Crippen LogP contribution in [-0.4, -0.2) is 61.9 Å². The maximum absolute atomic E-state index is 13.0. The van der Waals surface area contributed by atoms with Gasteiger partial charge in [0.15, 0.2) is 0 Å². The van der Waals surface area contributed by atoms with E-state index in [0.29, 0.717) is 50.1 Å². The molecule has 0 heterocycles. The standard InChI is InChI=1S/C32H56N6O4/c1-3-5-7-13-23-35-31(41)27(15-9-11-21-33)37-29(39)25-17-19-26(20-18-25)30(40)38-28(16-10-12-22-34)32(42)36-24-14-8-6-4-2/h17-20,27-28H,3-16,21-24,33-34H2,1-2H3,(H,35,41)(H,36,42)(H,37,39)(H,38,40)/t27-,28-/m0/s1. The fraction of sp³-hybridized carbons (Fsp3) is 0.688. The maximum Gasteiger partial charge on any atom is 0.251 e. The Bertz CT molecular complexity index is 836. The molecule has 0 fully saturated rings. The number of carbonyl (C=O) groups excluding carboxylic acids is 4. The molecule has 42 heavy (non-hydrogen) atoms. The molecule has 0 saturated carbocycles. The van der Waals surface area contributed by atoms with E-state index < -0.39 is 12.1 Å². The average Bonchev–Trinajstić information content (AvgIpc) is 2.99. The minimum atomic E-state index is -0.659. The summed E-state index contributed by atoms with van der Waals surface area (Å²) in [6.45, 7) is 6.48. The number of hydrogen-bond donors (Lipinski definition) is 6. The molecule has 0 unspecified atom stereocenters. The Balaban J connectivity index is 2.78. The Morgan fingerprint density at radius 3 is 1.29 bits per heavy atom. The minimum absolute atomic E-state index is 0.197. The summed E-state index contributed by atoms with van der Waals surface area (Å²) in [6.07, 6.45) is 12.4. The van der Waals surface area contributed by atoms with E-state index in [4.69, 9.17) is 11.5 Å². The lowest BCUT2D eigenvalue weighted by molar-refractivity contribution is -0.123. The van der Waals surface area contributed by atoms with Gasteiger partial charge in [0.2, 0.25) is 11.8 Å². The van der Waals surface area contributed by atoms with Crippen LogP contribution in [0.15, 0.2) is 24.3 Å². The molecule has 10 heteroatoms. The number of rotatable bonds is 24. The normalized spacial score (nSPS) is 12.3. The van der Waals surface area contributed by atoms with Gasteiger partial charge in [-0.3, -0.25) is 19.2 Å². The second kappa shape index (κ2) is 23.6. The predicted octanol–water partition coefficient (Wildman–Crippen LogP) is 3.53. The van der Waals surface area contributed by atoms with Crippen molar-refractivity contribution in [3.05, 3.63) is 35.4 Å². The zero-order valence-corrected chi connectivity index (χ0v) is 26.0. The molecule has 4 amide bonds. The smallest absolute Gasteiger partial charge is 0.251 e. The van der Waals surface area contributed by atoms with Crippen molar-refractivity contribution in [2.75, 3.05) is 26.2 Å². The average molecular weight is 589 g/mol. The number of nitrogens with two attached hydrogens (primary N) is 2. The van der Waals surface area contributed by atoms with Crippen molar-refractivity contribution in [1.29, 1.82) is 0 Å². The summed E-state index contributed by atoms with van der Waals surface area (Å²) in [7, 11) is 0. The highest BCUT2D eigenvalue weighted by Gasteiger charge is 2.23. The lowest BCUT2D eigenvalue weighted by Gasteiger charge is -2.19. The lowest BCUT2D eigenvalue weighted by atomic mass is 10.1. The van der Waals surface area contributed by atoms with Crippen LogP contribution in [0.5, 0.6) is 0 Å². The van der Waals surface area contributed by atoms with Gasteiger partial charge in [-0.25, -0.2) is 0 Å². The summed E-state index contributed by atoms with van der Waals surface area (Å²) in [6, 6.07) is 4.91. The number of nitrogens with one attached hydrogen (secondary N) is 4. The number of benzene rings is 1. The van der Waals surface area contributed by atoms with Gasteiger partial charge in [-0.2, -0.15) is 0 Å². The molecule has 0 aliphatic heterocycles. The van der Waals surface area contributed by atoms with Crippen LogP contribution in [0.2, 0.25) is 0 Å². The topological polar surface area (TPSA) is 168 Å². The second-order valence-electron chi connectivity index (χ2n) is 10.9. The minimum Gasteiger partial charge on any atom is -0.354 e. The van der Waals surface area contributed by atoms with E-state index >= 15 is 0 Å². The highest BCUT2D eigenvalue weighted by molar-refractivity contribution is 6.00. The van der Waals surface area contributed by atoms with Gasteiger partial charge in [-0.1, -0.05) is 52.4 Å². The van der Waals surface area contributed by atoms with Crippen molar-refractivity contribution in [3.8, 4) is 0 Å². The first-order chi connectivity index (χ1) is 20.4. The van der Waals surface area contributed by atoms with E-state index in [1.807, 2.05) is 0 Å². The van der Waals surface area contributed by atoms with Crippen LogP contribution < -0.4 is 32.7 Å². The molecule has 8 N–H and O–H groups in total. The Morgan fingerprint density at radius 1 is 0.571 bits per heavy atom. The molecule has 1 aromatic rings. The summed E-state index contributed by atoms with van der Waals surface area (Å²) in [5.74, 6) is -1.17. The first-order valence-corrected chi connectivity index (χ1v) is 16.0. The molecular weight excluding hydrogens is 532 g/mol. The fourth-order valence-electron chi connectivity index (χ4n) is 4.55. The van der Waals surface area contributed by atoms with Crippen LogP contribution >= 0.6 is 0 Å². The highest BCUT2D eigenvalue weighted by atomic mass is 16.2. The van der Waals surface area contributed by atoms with E-state index in [1.165, 1.54) is 0 Å². The van der Waals surface area contributed by atoms with Crippen LogP contribution in [0.1, 0.15) is 124 Å². The van der Waals surface area contributed by atoms with Crippen LogP contribution in [0.25, 0.3) is 0 Å². The van der Waals surface area contributed by atoms with Gasteiger partial charge in [0.05, 0.1) is 0 Å². The van der Waals surface area contributed by atoms with Crippen LogP contribution in [0, 0.1) is 0 Å². The molecule has 10 nitrogen and oxygen atoms in total. The summed E-state index contributed by atoms with van der Waals surface area (Å²) >= 11 is 0. The zero-order valence-electron chi connectivity index (χ0n) is 26.0. The molecule has 0 saturated heterocycles. The van der Waals surface area contributed by atoms with Crippen molar-refractivity contribution in [1.82, 2.24) is 21.3 Å². The van der Waals surface area contributed by atoms with Gasteiger partial charge in [0, 0.05) is 24.2 Å². The first kappa shape index (κ1) is 37.0. The largest absolute Gasteiger partial charge is 0.354 e. The van der Waals surface area contributed by atoms with Crippen molar-refractivity contribution in [2.24, 2.45) is 11.5 Å². The number of unbranched alkanes of at least 4 members (excludes halogenated alkanes) is 8. The Kier molecular flexibility index (Phi) is 20.8. The van der Waals surface area contributed by atoms with Crippen LogP contribution in [0.3, 0.4) is 0 Å². The summed E-state index contributed by atoms with van der Waals surface area (Å²) < 4.78 is 0. The molecule has 0 aliphatic rings. The molecule has 1 aromatic carbocycles. The summed E-state index contributed by atoms with van der Waals surface area (Å²) in [5, 5.41) is 11.6. The van der Waals surface area contributed by atoms with Gasteiger partial charge in [-0.05, 0) is 88.7 Å². The molecule has 0 spiro atoms. The first-order valence-electron chi connectivity index (χ1n) is 16.0. The molecule has 0 aliphatic carbocycles. The van der Waals surface area contributed by atoms with Gasteiger partial charge < -0.3 is 32.7 Å². The van der Waals surface area contributed by atoms with E-state index in [0.717, 1.165) is 77.0 Å². The Labute approximate surface area is 252 Å². The SMILES string of the molecule is CCCCCCNC(=O)[C@H](CCCCN)NC(=O)c1ccc(C(=O)N[C@@H](CCCCN)C(=O)NCCCCCC)cc1. The third-order valence-corrected chi connectivity index (χ3v) is 7.21. The molecule has 238 valence electrons. The molecule has 0 bridgehead atoms. The van der Waals surface area contributed by atoms with Crippen molar-refractivity contribution in [2.45, 2.75) is 116 Å². The number of amides is 4. The van der Waals surface area contributed by atoms with E-state index in [1.54, 1.807) is 24.3 Å².